The molecule has 0 bridgehead atoms. The Morgan fingerprint density at radius 1 is 1.11 bits per heavy atom. The number of thiazole rings is 1. The van der Waals surface area contributed by atoms with Gasteiger partial charge < -0.3 is 33.3 Å². The molecule has 15 heteroatoms. The number of aromatic nitrogens is 3. The number of esters is 1. The van der Waals surface area contributed by atoms with Gasteiger partial charge in [0.2, 0.25) is 0 Å². The van der Waals surface area contributed by atoms with Gasteiger partial charge in [0.05, 0.1) is 45.7 Å². The topological polar surface area (TPSA) is 118 Å². The van der Waals surface area contributed by atoms with Crippen LogP contribution in [-0.4, -0.2) is 103 Å². The van der Waals surface area contributed by atoms with Gasteiger partial charge in [-0.1, -0.05) is 23.4 Å². The highest BCUT2D eigenvalue weighted by molar-refractivity contribution is 7.16. The molecule has 3 aliphatic heterocycles. The number of hydrogen-bond acceptors (Lipinski definition) is 13. The van der Waals surface area contributed by atoms with E-state index in [9.17, 15) is 4.79 Å². The van der Waals surface area contributed by atoms with Crippen LogP contribution < -0.4 is 9.64 Å². The van der Waals surface area contributed by atoms with Gasteiger partial charge in [-0.3, -0.25) is 4.90 Å². The van der Waals surface area contributed by atoms with Crippen molar-refractivity contribution in [3.8, 4) is 17.6 Å². The van der Waals surface area contributed by atoms with Crippen LogP contribution in [0.4, 0.5) is 15.3 Å². The maximum atomic E-state index is 15.1. The number of halogens is 2. The number of carbonyl (C=O) groups excluding carboxylic acids is 1. The number of methoxy groups -OCH3 is 1. The number of ether oxygens (including phenoxy) is 6. The molecule has 2 saturated heterocycles. The van der Waals surface area contributed by atoms with E-state index < -0.39 is 23.4 Å². The van der Waals surface area contributed by atoms with Crippen LogP contribution in [0.3, 0.4) is 0 Å². The highest BCUT2D eigenvalue weighted by Gasteiger charge is 2.34. The van der Waals surface area contributed by atoms with Crippen molar-refractivity contribution in [1.82, 2.24) is 20.1 Å². The molecule has 12 nitrogen and oxygen atoms in total. The fourth-order valence-corrected chi connectivity index (χ4v) is 7.99. The summed E-state index contributed by atoms with van der Waals surface area (Å²) in [6, 6.07) is 4.75. The first kappa shape index (κ1) is 40.2. The number of hydrogen-bond donors (Lipinski definition) is 0. The molecule has 0 amide bonds. The number of anilines is 2. The number of carbonyl (C=O) groups is 1. The minimum absolute atomic E-state index is 0.0225. The summed E-state index contributed by atoms with van der Waals surface area (Å²) in [7, 11) is 1.33. The first-order valence-corrected chi connectivity index (χ1v) is 19.6. The molecule has 3 aliphatic rings. The monoisotopic (exact) mass is 785 g/mol. The Balaban J connectivity index is 1.03. The maximum Gasteiger partial charge on any atom is 0.357 e. The van der Waals surface area contributed by atoms with Gasteiger partial charge in [0.15, 0.2) is 44.9 Å². The molecule has 6 rings (SSSR count). The molecule has 0 spiro atoms. The third kappa shape index (κ3) is 10.3. The normalized spacial score (nSPS) is 20.1. The van der Waals surface area contributed by atoms with Gasteiger partial charge in [0.1, 0.15) is 0 Å². The zero-order valence-corrected chi connectivity index (χ0v) is 33.4. The molecule has 54 heavy (non-hydrogen) atoms. The zero-order valence-electron chi connectivity index (χ0n) is 31.8. The lowest BCUT2D eigenvalue weighted by Crippen LogP contribution is -2.32. The maximum absolute atomic E-state index is 15.1. The predicted molar refractivity (Wildman–Crippen MR) is 203 cm³/mol. The molecule has 1 aromatic carbocycles. The van der Waals surface area contributed by atoms with Gasteiger partial charge in [0.25, 0.3) is 0 Å². The van der Waals surface area contributed by atoms with E-state index in [1.54, 1.807) is 12.1 Å². The zero-order chi connectivity index (χ0) is 38.5. The fourth-order valence-electron chi connectivity index (χ4n) is 6.72. The third-order valence-corrected chi connectivity index (χ3v) is 11.1. The highest BCUT2D eigenvalue weighted by Crippen LogP contribution is 2.38. The molecule has 2 fully saturated rings. The van der Waals surface area contributed by atoms with Gasteiger partial charge in [-0.05, 0) is 96.9 Å². The van der Waals surface area contributed by atoms with Crippen LogP contribution in [0, 0.1) is 24.6 Å². The van der Waals surface area contributed by atoms with Crippen LogP contribution in [0.25, 0.3) is 0 Å². The second-order valence-electron chi connectivity index (χ2n) is 14.6. The SMILES string of the molecule is COC(=O)c1nc(N2CCCc3c2nnc(Cl)c3C)sc1CCCOc1ccc(C#CCN(CC[C@H]2COC(C)(C)O2)CC[C@H]2COC(C)(C)O2)cc1F. The summed E-state index contributed by atoms with van der Waals surface area (Å²) in [4.78, 5) is 22.3. The standard InChI is InChI=1S/C39H49ClFN5O7S/c1-25-29-11-8-18-46(35(29)44-43-34(25)40)37-42-33(36(47)48-6)32(54-37)12-9-21-49-31-14-13-26(22-30(31)41)10-7-17-45(19-15-27-23-50-38(2,3)52-27)20-16-28-24-51-39(4,5)53-28/h13-14,22,27-28H,8-9,11-12,15-21,23-24H2,1-6H3/t27-,28-/m0/s1. The van der Waals surface area contributed by atoms with Gasteiger partial charge in [-0.15, -0.1) is 21.5 Å². The fraction of sp³-hybridized carbons (Fsp3) is 0.590. The summed E-state index contributed by atoms with van der Waals surface area (Å²) in [5.74, 6) is 5.03. The molecule has 2 aromatic heterocycles. The molecule has 0 aliphatic carbocycles. The van der Waals surface area contributed by atoms with Crippen LogP contribution in [0.15, 0.2) is 18.2 Å². The molecule has 292 valence electrons. The lowest BCUT2D eigenvalue weighted by atomic mass is 10.0. The smallest absolute Gasteiger partial charge is 0.357 e. The van der Waals surface area contributed by atoms with Crippen molar-refractivity contribution >= 4 is 39.9 Å². The molecule has 0 unspecified atom stereocenters. The van der Waals surface area contributed by atoms with Crippen LogP contribution in [0.1, 0.15) is 85.4 Å². The molecule has 0 radical (unpaired) electrons. The Kier molecular flexibility index (Phi) is 13.1. The Labute approximate surface area is 325 Å². The summed E-state index contributed by atoms with van der Waals surface area (Å²) in [6.07, 6.45) is 4.41. The Hall–Kier alpha value is -3.42. The predicted octanol–water partition coefficient (Wildman–Crippen LogP) is 6.65. The number of rotatable bonds is 14. The molecule has 0 saturated carbocycles. The summed E-state index contributed by atoms with van der Waals surface area (Å²) in [5, 5.41) is 9.48. The van der Waals surface area contributed by atoms with Crippen LogP contribution >= 0.6 is 22.9 Å². The van der Waals surface area contributed by atoms with Crippen molar-refractivity contribution in [2.24, 2.45) is 0 Å². The average molecular weight is 786 g/mol. The Morgan fingerprint density at radius 2 is 1.81 bits per heavy atom. The van der Waals surface area contributed by atoms with Gasteiger partial charge in [0, 0.05) is 35.6 Å². The molecule has 2 atom stereocenters. The van der Waals surface area contributed by atoms with Crippen molar-refractivity contribution in [1.29, 1.82) is 0 Å². The van der Waals surface area contributed by atoms with Gasteiger partial charge >= 0.3 is 5.97 Å². The van der Waals surface area contributed by atoms with Crippen molar-refractivity contribution in [3.05, 3.63) is 56.4 Å². The number of fused-ring (bicyclic) bond motifs is 1. The van der Waals surface area contributed by atoms with Gasteiger partial charge in [-0.25, -0.2) is 14.2 Å². The number of aryl methyl sites for hydroxylation is 1. The number of benzene rings is 1. The molecule has 5 heterocycles. The minimum Gasteiger partial charge on any atom is -0.491 e. The van der Waals surface area contributed by atoms with Crippen LogP contribution in [-0.2, 0) is 36.5 Å². The summed E-state index contributed by atoms with van der Waals surface area (Å²) in [6.45, 7) is 13.7. The summed E-state index contributed by atoms with van der Waals surface area (Å²) >= 11 is 7.64. The van der Waals surface area contributed by atoms with Crippen molar-refractivity contribution in [3.63, 3.8) is 0 Å². The third-order valence-electron chi connectivity index (χ3n) is 9.57. The molecular formula is C39H49ClFN5O7S. The van der Waals surface area contributed by atoms with Crippen molar-refractivity contribution in [2.75, 3.05) is 58.0 Å². The molecular weight excluding hydrogens is 737 g/mol. The molecule has 0 N–H and O–H groups in total. The Morgan fingerprint density at radius 3 is 2.44 bits per heavy atom. The quantitative estimate of drug-likeness (QED) is 0.0990. The van der Waals surface area contributed by atoms with E-state index in [1.807, 2.05) is 39.5 Å². The van der Waals surface area contributed by atoms with Crippen LogP contribution in [0.2, 0.25) is 5.15 Å². The first-order valence-electron chi connectivity index (χ1n) is 18.4. The first-order chi connectivity index (χ1) is 25.8. The lowest BCUT2D eigenvalue weighted by Gasteiger charge is -2.28. The second-order valence-corrected chi connectivity index (χ2v) is 16.0. The van der Waals surface area contributed by atoms with E-state index in [2.05, 4.69) is 31.9 Å². The van der Waals surface area contributed by atoms with Crippen molar-refractivity contribution in [2.45, 2.75) is 96.9 Å². The van der Waals surface area contributed by atoms with E-state index in [4.69, 9.17) is 40.0 Å². The summed E-state index contributed by atoms with van der Waals surface area (Å²) < 4.78 is 49.5. The second kappa shape index (κ2) is 17.6. The minimum atomic E-state index is -0.567. The largest absolute Gasteiger partial charge is 0.491 e. The summed E-state index contributed by atoms with van der Waals surface area (Å²) in [5.41, 5.74) is 2.74. The van der Waals surface area contributed by atoms with Crippen LogP contribution in [0.5, 0.6) is 5.75 Å². The van der Waals surface area contributed by atoms with E-state index in [0.717, 1.165) is 54.8 Å². The lowest BCUT2D eigenvalue weighted by molar-refractivity contribution is -0.139. The van der Waals surface area contributed by atoms with Gasteiger partial charge in [-0.2, -0.15) is 0 Å². The number of nitrogens with zero attached hydrogens (tertiary/aromatic N) is 5. The average Bonchev–Trinajstić information content (AvgIpc) is 3.84. The van der Waals surface area contributed by atoms with E-state index in [-0.39, 0.29) is 30.3 Å². The highest BCUT2D eigenvalue weighted by atomic mass is 35.5. The van der Waals surface area contributed by atoms with E-state index in [0.29, 0.717) is 60.8 Å². The van der Waals surface area contributed by atoms with E-state index in [1.165, 1.54) is 24.5 Å². The van der Waals surface area contributed by atoms with Crippen molar-refractivity contribution < 1.29 is 37.6 Å². The van der Waals surface area contributed by atoms with E-state index >= 15 is 4.39 Å². The molecule has 3 aromatic rings. The Bertz CT molecular complexity index is 1830.